The summed E-state index contributed by atoms with van der Waals surface area (Å²) in [6.07, 6.45) is 3.77. The van der Waals surface area contributed by atoms with Gasteiger partial charge in [0, 0.05) is 42.6 Å². The Hall–Kier alpha value is -1.38. The van der Waals surface area contributed by atoms with Gasteiger partial charge >= 0.3 is 0 Å². The first-order chi connectivity index (χ1) is 13.5. The normalized spacial score (nSPS) is 23.6. The maximum atomic E-state index is 13.4. The molecule has 1 saturated heterocycles. The number of sulfonamides is 1. The number of ether oxygens (including phenoxy) is 1. The monoisotopic (exact) mass is 413 g/mol. The van der Waals surface area contributed by atoms with E-state index in [1.807, 2.05) is 18.2 Å². The van der Waals surface area contributed by atoms with Crippen molar-refractivity contribution in [3.8, 4) is 0 Å². The van der Waals surface area contributed by atoms with Crippen molar-refractivity contribution >= 4 is 21.4 Å². The first kappa shape index (κ1) is 21.3. The molecule has 0 radical (unpaired) electrons. The molecule has 2 fully saturated rings. The zero-order valence-electron chi connectivity index (χ0n) is 16.6. The molecular formula is C20H32FN3O3S. The van der Waals surface area contributed by atoms with Crippen LogP contribution in [0.4, 0.5) is 15.8 Å². The fraction of sp³-hybridized carbons (Fsp3) is 0.700. The molecule has 0 bridgehead atoms. The first-order valence-corrected chi connectivity index (χ1v) is 11.9. The number of anilines is 2. The second-order valence-corrected chi connectivity index (χ2v) is 9.74. The van der Waals surface area contributed by atoms with Gasteiger partial charge in [0.25, 0.3) is 0 Å². The molecule has 0 aromatic heterocycles. The van der Waals surface area contributed by atoms with Crippen molar-refractivity contribution in [2.45, 2.75) is 45.3 Å². The number of rotatable bonds is 8. The lowest BCUT2D eigenvalue weighted by atomic mass is 9.86. The molecule has 1 aliphatic heterocycles. The highest BCUT2D eigenvalue weighted by Crippen LogP contribution is 2.29. The van der Waals surface area contributed by atoms with Crippen LogP contribution in [0.1, 0.15) is 38.2 Å². The van der Waals surface area contributed by atoms with Crippen LogP contribution in [0.5, 0.6) is 0 Å². The van der Waals surface area contributed by atoms with Crippen molar-refractivity contribution in [2.75, 3.05) is 48.8 Å². The molecule has 1 heterocycles. The fourth-order valence-corrected chi connectivity index (χ4v) is 4.88. The van der Waals surface area contributed by atoms with E-state index in [2.05, 4.69) is 14.9 Å². The van der Waals surface area contributed by atoms with Crippen molar-refractivity contribution in [3.05, 3.63) is 23.8 Å². The molecule has 0 spiro atoms. The van der Waals surface area contributed by atoms with E-state index in [1.54, 1.807) is 6.92 Å². The van der Waals surface area contributed by atoms with Gasteiger partial charge in [0.15, 0.2) is 0 Å². The summed E-state index contributed by atoms with van der Waals surface area (Å²) in [7, 11) is -3.12. The minimum Gasteiger partial charge on any atom is -0.385 e. The van der Waals surface area contributed by atoms with E-state index in [0.29, 0.717) is 19.1 Å². The Morgan fingerprint density at radius 3 is 2.54 bits per heavy atom. The number of hydrogen-bond donors (Lipinski definition) is 2. The Bertz CT molecular complexity index is 730. The molecule has 2 N–H and O–H groups in total. The highest BCUT2D eigenvalue weighted by Gasteiger charge is 2.24. The van der Waals surface area contributed by atoms with E-state index in [0.717, 1.165) is 62.3 Å². The molecule has 1 aliphatic carbocycles. The lowest BCUT2D eigenvalue weighted by Crippen LogP contribution is -2.39. The first-order valence-electron chi connectivity index (χ1n) is 10.3. The van der Waals surface area contributed by atoms with Gasteiger partial charge in [-0.2, -0.15) is 0 Å². The number of hydrogen-bond acceptors (Lipinski definition) is 5. The van der Waals surface area contributed by atoms with Crippen LogP contribution in [0, 0.1) is 5.92 Å². The molecule has 3 rings (SSSR count). The summed E-state index contributed by atoms with van der Waals surface area (Å²) in [4.78, 5) is 2.19. The van der Waals surface area contributed by atoms with Gasteiger partial charge < -0.3 is 15.0 Å². The number of benzene rings is 1. The molecule has 0 atom stereocenters. The second-order valence-electron chi connectivity index (χ2n) is 7.70. The van der Waals surface area contributed by atoms with E-state index >= 15 is 0 Å². The second kappa shape index (κ2) is 9.89. The van der Waals surface area contributed by atoms with Gasteiger partial charge in [-0.3, -0.25) is 0 Å². The Kier molecular flexibility index (Phi) is 7.54. The highest BCUT2D eigenvalue weighted by atomic mass is 32.2. The van der Waals surface area contributed by atoms with E-state index in [9.17, 15) is 12.8 Å². The number of alkyl halides is 1. The van der Waals surface area contributed by atoms with Crippen LogP contribution in [0.15, 0.2) is 18.2 Å². The van der Waals surface area contributed by atoms with Crippen molar-refractivity contribution in [1.82, 2.24) is 4.72 Å². The highest BCUT2D eigenvalue weighted by molar-refractivity contribution is 7.89. The fourth-order valence-electron chi connectivity index (χ4n) is 3.97. The van der Waals surface area contributed by atoms with E-state index in [1.165, 1.54) is 0 Å². The predicted octanol–water partition coefficient (Wildman–Crippen LogP) is 2.90. The molecule has 8 heteroatoms. The molecule has 0 unspecified atom stereocenters. The van der Waals surface area contributed by atoms with Crippen LogP contribution in [0.3, 0.4) is 0 Å². The molecule has 0 amide bonds. The summed E-state index contributed by atoms with van der Waals surface area (Å²) in [5.41, 5.74) is 2.68. The van der Waals surface area contributed by atoms with Crippen LogP contribution in [-0.4, -0.2) is 53.1 Å². The summed E-state index contributed by atoms with van der Waals surface area (Å²) in [5.74, 6) is 0.657. The maximum Gasteiger partial charge on any atom is 0.211 e. The van der Waals surface area contributed by atoms with Crippen molar-refractivity contribution < 1.29 is 17.5 Å². The molecule has 6 nitrogen and oxygen atoms in total. The SMILES string of the molecule is CCS(=O)(=O)N[C@H]1CC[C@H](CNc2ccc(CF)c(N3CCOCC3)c2)CC1. The summed E-state index contributed by atoms with van der Waals surface area (Å²) < 4.78 is 45.0. The van der Waals surface area contributed by atoms with Crippen molar-refractivity contribution in [1.29, 1.82) is 0 Å². The number of halogens is 1. The van der Waals surface area contributed by atoms with E-state index in [-0.39, 0.29) is 11.8 Å². The topological polar surface area (TPSA) is 70.7 Å². The van der Waals surface area contributed by atoms with Gasteiger partial charge in [0.05, 0.1) is 19.0 Å². The Morgan fingerprint density at radius 2 is 1.89 bits per heavy atom. The lowest BCUT2D eigenvalue weighted by Gasteiger charge is -2.31. The average molecular weight is 414 g/mol. The zero-order chi connectivity index (χ0) is 20.0. The molecule has 1 aromatic rings. The largest absolute Gasteiger partial charge is 0.385 e. The molecule has 158 valence electrons. The quantitative estimate of drug-likeness (QED) is 0.686. The van der Waals surface area contributed by atoms with Gasteiger partial charge in [0.2, 0.25) is 10.0 Å². The van der Waals surface area contributed by atoms with Gasteiger partial charge in [0.1, 0.15) is 6.67 Å². The van der Waals surface area contributed by atoms with Gasteiger partial charge in [-0.1, -0.05) is 6.07 Å². The molecule has 28 heavy (non-hydrogen) atoms. The van der Waals surface area contributed by atoms with Crippen LogP contribution in [0.25, 0.3) is 0 Å². The summed E-state index contributed by atoms with van der Waals surface area (Å²) in [6, 6.07) is 5.92. The number of nitrogens with one attached hydrogen (secondary N) is 2. The number of morpholine rings is 1. The van der Waals surface area contributed by atoms with Crippen molar-refractivity contribution in [3.63, 3.8) is 0 Å². The van der Waals surface area contributed by atoms with Gasteiger partial charge in [-0.15, -0.1) is 0 Å². The third-order valence-corrected chi connectivity index (χ3v) is 7.20. The Morgan fingerprint density at radius 1 is 1.18 bits per heavy atom. The predicted molar refractivity (Wildman–Crippen MR) is 111 cm³/mol. The smallest absolute Gasteiger partial charge is 0.211 e. The van der Waals surface area contributed by atoms with Crippen molar-refractivity contribution in [2.24, 2.45) is 5.92 Å². The summed E-state index contributed by atoms with van der Waals surface area (Å²) in [5, 5.41) is 3.50. The molecule has 1 saturated carbocycles. The minimum atomic E-state index is -3.12. The summed E-state index contributed by atoms with van der Waals surface area (Å²) in [6.45, 7) is 4.97. The standard InChI is InChI=1S/C20H32FN3O3S/c1-2-28(25,26)23-18-6-3-16(4-7-18)15-22-19-8-5-17(14-21)20(13-19)24-9-11-27-12-10-24/h5,8,13,16,18,22-23H,2-4,6-7,9-12,14-15H2,1H3/t16-,18-. The van der Waals surface area contributed by atoms with E-state index < -0.39 is 16.7 Å². The number of nitrogens with zero attached hydrogens (tertiary/aromatic N) is 1. The van der Waals surface area contributed by atoms with Gasteiger partial charge in [-0.05, 0) is 50.7 Å². The van der Waals surface area contributed by atoms with Crippen LogP contribution in [-0.2, 0) is 21.4 Å². The zero-order valence-corrected chi connectivity index (χ0v) is 17.4. The minimum absolute atomic E-state index is 0.0676. The third kappa shape index (κ3) is 5.81. The third-order valence-electron chi connectivity index (χ3n) is 5.75. The van der Waals surface area contributed by atoms with E-state index in [4.69, 9.17) is 4.74 Å². The Labute approximate surface area is 167 Å². The molecule has 1 aromatic carbocycles. The lowest BCUT2D eigenvalue weighted by molar-refractivity contribution is 0.122. The Balaban J connectivity index is 1.52. The van der Waals surface area contributed by atoms with Gasteiger partial charge in [-0.25, -0.2) is 17.5 Å². The van der Waals surface area contributed by atoms with Crippen LogP contribution >= 0.6 is 0 Å². The van der Waals surface area contributed by atoms with Crippen LogP contribution < -0.4 is 14.9 Å². The maximum absolute atomic E-state index is 13.4. The molecule has 2 aliphatic rings. The average Bonchev–Trinajstić information content (AvgIpc) is 2.73. The molecular weight excluding hydrogens is 381 g/mol. The summed E-state index contributed by atoms with van der Waals surface area (Å²) >= 11 is 0. The van der Waals surface area contributed by atoms with Crippen LogP contribution in [0.2, 0.25) is 0 Å².